The molecule has 2 heterocycles. The molecule has 1 aliphatic heterocycles. The number of imide groups is 1. The summed E-state index contributed by atoms with van der Waals surface area (Å²) >= 11 is 2.72. The third-order valence-electron chi connectivity index (χ3n) is 2.69. The van der Waals surface area contributed by atoms with Gasteiger partial charge in [-0.1, -0.05) is 23.1 Å². The SMILES string of the molecule is O=C(CSc1nnc(NC2CC2)s1)N1CCOC1=O. The minimum Gasteiger partial charge on any atom is -0.447 e. The van der Waals surface area contributed by atoms with Crippen LogP contribution < -0.4 is 5.32 Å². The lowest BCUT2D eigenvalue weighted by molar-refractivity contribution is -0.124. The second-order valence-electron chi connectivity index (χ2n) is 4.24. The zero-order valence-corrected chi connectivity index (χ0v) is 11.6. The Balaban J connectivity index is 1.49. The molecule has 1 saturated carbocycles. The lowest BCUT2D eigenvalue weighted by atomic mass is 10.5. The van der Waals surface area contributed by atoms with E-state index in [1.54, 1.807) is 0 Å². The average Bonchev–Trinajstić information content (AvgIpc) is 2.91. The first-order valence-corrected chi connectivity index (χ1v) is 7.72. The van der Waals surface area contributed by atoms with E-state index in [4.69, 9.17) is 4.74 Å². The van der Waals surface area contributed by atoms with E-state index in [0.29, 0.717) is 12.6 Å². The Labute approximate surface area is 117 Å². The Morgan fingerprint density at radius 2 is 2.37 bits per heavy atom. The Kier molecular flexibility index (Phi) is 3.56. The largest absolute Gasteiger partial charge is 0.447 e. The number of anilines is 1. The molecule has 3 rings (SSSR count). The minimum atomic E-state index is -0.557. The van der Waals surface area contributed by atoms with Crippen LogP contribution in [0.5, 0.6) is 0 Å². The molecule has 2 fully saturated rings. The van der Waals surface area contributed by atoms with E-state index >= 15 is 0 Å². The van der Waals surface area contributed by atoms with Crippen LogP contribution in [0, 0.1) is 0 Å². The summed E-state index contributed by atoms with van der Waals surface area (Å²) in [4.78, 5) is 24.1. The number of nitrogens with one attached hydrogen (secondary N) is 1. The Bertz CT molecular complexity index is 503. The van der Waals surface area contributed by atoms with Crippen LogP contribution in [0.15, 0.2) is 4.34 Å². The summed E-state index contributed by atoms with van der Waals surface area (Å²) in [7, 11) is 0. The Morgan fingerprint density at radius 1 is 1.53 bits per heavy atom. The highest BCUT2D eigenvalue weighted by Gasteiger charge is 2.28. The highest BCUT2D eigenvalue weighted by atomic mass is 32.2. The van der Waals surface area contributed by atoms with Crippen LogP contribution in [0.4, 0.5) is 9.93 Å². The summed E-state index contributed by atoms with van der Waals surface area (Å²) in [6.45, 7) is 0.617. The minimum absolute atomic E-state index is 0.174. The quantitative estimate of drug-likeness (QED) is 0.817. The van der Waals surface area contributed by atoms with Crippen molar-refractivity contribution in [3.8, 4) is 0 Å². The van der Waals surface area contributed by atoms with Crippen LogP contribution in [0.3, 0.4) is 0 Å². The van der Waals surface area contributed by atoms with E-state index < -0.39 is 6.09 Å². The van der Waals surface area contributed by atoms with Gasteiger partial charge in [0, 0.05) is 6.04 Å². The maximum atomic E-state index is 11.8. The molecule has 0 radical (unpaired) electrons. The molecule has 1 aromatic heterocycles. The van der Waals surface area contributed by atoms with Crippen LogP contribution in [0.25, 0.3) is 0 Å². The molecule has 7 nitrogen and oxygen atoms in total. The number of amides is 2. The second-order valence-corrected chi connectivity index (χ2v) is 6.44. The molecule has 9 heteroatoms. The highest BCUT2D eigenvalue weighted by molar-refractivity contribution is 8.01. The van der Waals surface area contributed by atoms with E-state index in [9.17, 15) is 9.59 Å². The van der Waals surface area contributed by atoms with Crippen molar-refractivity contribution in [1.82, 2.24) is 15.1 Å². The number of hydrogen-bond acceptors (Lipinski definition) is 8. The van der Waals surface area contributed by atoms with Gasteiger partial charge in [-0.15, -0.1) is 10.2 Å². The van der Waals surface area contributed by atoms with Crippen molar-refractivity contribution in [2.75, 3.05) is 24.2 Å². The summed E-state index contributed by atoms with van der Waals surface area (Å²) in [6, 6.07) is 0.534. The molecule has 1 aliphatic carbocycles. The van der Waals surface area contributed by atoms with Crippen molar-refractivity contribution in [2.45, 2.75) is 23.2 Å². The molecular weight excluding hydrogens is 288 g/mol. The van der Waals surface area contributed by atoms with Crippen molar-refractivity contribution in [3.63, 3.8) is 0 Å². The smallest absolute Gasteiger partial charge is 0.416 e. The third-order valence-corrected chi connectivity index (χ3v) is 4.66. The molecule has 102 valence electrons. The zero-order valence-electron chi connectivity index (χ0n) is 10.00. The van der Waals surface area contributed by atoms with Gasteiger partial charge >= 0.3 is 6.09 Å². The number of nitrogens with zero attached hydrogens (tertiary/aromatic N) is 3. The summed E-state index contributed by atoms with van der Waals surface area (Å²) < 4.78 is 5.44. The van der Waals surface area contributed by atoms with Gasteiger partial charge in [0.2, 0.25) is 11.0 Å². The number of ether oxygens (including phenoxy) is 1. The van der Waals surface area contributed by atoms with Gasteiger partial charge in [0.15, 0.2) is 4.34 Å². The molecule has 1 saturated heterocycles. The van der Waals surface area contributed by atoms with Crippen LogP contribution >= 0.6 is 23.1 Å². The summed E-state index contributed by atoms with van der Waals surface area (Å²) in [6.07, 6.45) is 1.80. The van der Waals surface area contributed by atoms with Crippen LogP contribution in [-0.2, 0) is 9.53 Å². The molecule has 2 aliphatic rings. The van der Waals surface area contributed by atoms with Crippen molar-refractivity contribution in [3.05, 3.63) is 0 Å². The van der Waals surface area contributed by atoms with Crippen molar-refractivity contribution in [2.24, 2.45) is 0 Å². The summed E-state index contributed by atoms with van der Waals surface area (Å²) in [5.41, 5.74) is 0. The topological polar surface area (TPSA) is 84.4 Å². The predicted octanol–water partition coefficient (Wildman–Crippen LogP) is 1.18. The standard InChI is InChI=1S/C10H12N4O3S2/c15-7(14-3-4-17-10(14)16)5-18-9-13-12-8(19-9)11-6-1-2-6/h6H,1-5H2,(H,11,12). The third kappa shape index (κ3) is 3.16. The van der Waals surface area contributed by atoms with Gasteiger partial charge < -0.3 is 10.1 Å². The first-order valence-electron chi connectivity index (χ1n) is 5.92. The molecule has 19 heavy (non-hydrogen) atoms. The maximum Gasteiger partial charge on any atom is 0.416 e. The van der Waals surface area contributed by atoms with Crippen LogP contribution in [0.2, 0.25) is 0 Å². The number of thioether (sulfide) groups is 1. The first-order chi connectivity index (χ1) is 9.22. The number of carbonyl (C=O) groups is 2. The number of carbonyl (C=O) groups excluding carboxylic acids is 2. The lowest BCUT2D eigenvalue weighted by Crippen LogP contribution is -2.32. The molecule has 1 aromatic rings. The molecule has 0 aromatic carbocycles. The zero-order chi connectivity index (χ0) is 13.2. The van der Waals surface area contributed by atoms with E-state index in [2.05, 4.69) is 15.5 Å². The number of aromatic nitrogens is 2. The van der Waals surface area contributed by atoms with Gasteiger partial charge in [0.25, 0.3) is 0 Å². The molecular formula is C10H12N4O3S2. The van der Waals surface area contributed by atoms with Crippen LogP contribution in [-0.4, -0.2) is 52.0 Å². The molecule has 0 unspecified atom stereocenters. The van der Waals surface area contributed by atoms with Gasteiger partial charge in [0.1, 0.15) is 6.61 Å². The van der Waals surface area contributed by atoms with Gasteiger partial charge in [-0.25, -0.2) is 9.69 Å². The summed E-state index contributed by atoms with van der Waals surface area (Å²) in [5, 5.41) is 12.0. The maximum absolute atomic E-state index is 11.8. The number of rotatable bonds is 5. The molecule has 1 N–H and O–H groups in total. The monoisotopic (exact) mass is 300 g/mol. The number of hydrogen-bond donors (Lipinski definition) is 1. The summed E-state index contributed by atoms with van der Waals surface area (Å²) in [5.74, 6) is -0.0768. The Hall–Kier alpha value is -1.35. The van der Waals surface area contributed by atoms with E-state index in [0.717, 1.165) is 14.4 Å². The fraction of sp³-hybridized carbons (Fsp3) is 0.600. The van der Waals surface area contributed by atoms with Crippen LogP contribution in [0.1, 0.15) is 12.8 Å². The second kappa shape index (κ2) is 5.33. The Morgan fingerprint density at radius 3 is 3.05 bits per heavy atom. The molecule has 0 spiro atoms. The molecule has 0 bridgehead atoms. The van der Waals surface area contributed by atoms with Gasteiger partial charge in [-0.2, -0.15) is 0 Å². The van der Waals surface area contributed by atoms with E-state index in [1.807, 2.05) is 0 Å². The van der Waals surface area contributed by atoms with E-state index in [-0.39, 0.29) is 18.3 Å². The fourth-order valence-corrected chi connectivity index (χ4v) is 3.25. The fourth-order valence-electron chi connectivity index (χ4n) is 1.55. The number of cyclic esters (lactones) is 1. The van der Waals surface area contributed by atoms with E-state index in [1.165, 1.54) is 35.9 Å². The lowest BCUT2D eigenvalue weighted by Gasteiger charge is -2.08. The van der Waals surface area contributed by atoms with Crippen molar-refractivity contribution >= 4 is 40.2 Å². The van der Waals surface area contributed by atoms with Crippen molar-refractivity contribution < 1.29 is 14.3 Å². The first kappa shape index (κ1) is 12.7. The highest BCUT2D eigenvalue weighted by Crippen LogP contribution is 2.30. The van der Waals surface area contributed by atoms with Gasteiger partial charge in [-0.3, -0.25) is 4.79 Å². The average molecular weight is 300 g/mol. The van der Waals surface area contributed by atoms with Crippen molar-refractivity contribution in [1.29, 1.82) is 0 Å². The molecule has 2 amide bonds. The van der Waals surface area contributed by atoms with Gasteiger partial charge in [-0.05, 0) is 12.8 Å². The normalized spacial score (nSPS) is 18.5. The van der Waals surface area contributed by atoms with Gasteiger partial charge in [0.05, 0.1) is 12.3 Å². The molecule has 0 atom stereocenters. The predicted molar refractivity (Wildman–Crippen MR) is 70.3 cm³/mol.